The van der Waals surface area contributed by atoms with Crippen molar-refractivity contribution in [2.75, 3.05) is 7.11 Å². The Bertz CT molecular complexity index is 673. The van der Waals surface area contributed by atoms with Gasteiger partial charge in [-0.2, -0.15) is 0 Å². The van der Waals surface area contributed by atoms with Gasteiger partial charge in [0, 0.05) is 10.6 Å². The summed E-state index contributed by atoms with van der Waals surface area (Å²) >= 11 is 9.23. The van der Waals surface area contributed by atoms with Crippen LogP contribution in [0.15, 0.2) is 40.9 Å². The van der Waals surface area contributed by atoms with Gasteiger partial charge in [-0.15, -0.1) is 0 Å². The molecule has 6 heteroatoms. The number of hydrogen-bond acceptors (Lipinski definition) is 3. The molecule has 0 aromatic heterocycles. The minimum atomic E-state index is -0.994. The van der Waals surface area contributed by atoms with Crippen LogP contribution in [0, 0.1) is 0 Å². The van der Waals surface area contributed by atoms with Crippen molar-refractivity contribution in [1.29, 1.82) is 0 Å². The summed E-state index contributed by atoms with van der Waals surface area (Å²) in [5.41, 5.74) is 0.837. The van der Waals surface area contributed by atoms with E-state index in [1.165, 1.54) is 19.2 Å². The Morgan fingerprint density at radius 2 is 1.95 bits per heavy atom. The van der Waals surface area contributed by atoms with Crippen LogP contribution in [0.4, 0.5) is 0 Å². The zero-order valence-electron chi connectivity index (χ0n) is 11.1. The molecule has 0 spiro atoms. The van der Waals surface area contributed by atoms with E-state index in [0.717, 1.165) is 4.47 Å². The molecule has 0 radical (unpaired) electrons. The molecule has 4 nitrogen and oxygen atoms in total. The lowest BCUT2D eigenvalue weighted by Crippen LogP contribution is -2.03. The fourth-order valence-corrected chi connectivity index (χ4v) is 2.57. The monoisotopic (exact) mass is 370 g/mol. The first-order valence-electron chi connectivity index (χ1n) is 5.99. The van der Waals surface area contributed by atoms with Gasteiger partial charge in [-0.05, 0) is 52.3 Å². The predicted octanol–water partition coefficient (Wildman–Crippen LogP) is 4.39. The quantitative estimate of drug-likeness (QED) is 0.847. The lowest BCUT2D eigenvalue weighted by molar-refractivity contribution is 0.0696. The Hall–Kier alpha value is -1.72. The van der Waals surface area contributed by atoms with E-state index in [1.807, 2.05) is 0 Å². The van der Waals surface area contributed by atoms with E-state index in [4.69, 9.17) is 26.2 Å². The predicted molar refractivity (Wildman–Crippen MR) is 83.4 cm³/mol. The first kappa shape index (κ1) is 15.7. The van der Waals surface area contributed by atoms with Crippen LogP contribution in [-0.2, 0) is 6.61 Å². The molecule has 21 heavy (non-hydrogen) atoms. The van der Waals surface area contributed by atoms with Crippen molar-refractivity contribution in [3.63, 3.8) is 0 Å². The van der Waals surface area contributed by atoms with E-state index < -0.39 is 5.97 Å². The number of hydrogen-bond donors (Lipinski definition) is 1. The Balaban J connectivity index is 2.22. The SMILES string of the molecule is COc1ccc(C(=O)O)cc1COc1ccc(Cl)cc1Br. The number of carboxylic acids is 1. The number of methoxy groups -OCH3 is 1. The summed E-state index contributed by atoms with van der Waals surface area (Å²) in [6.45, 7) is 0.185. The van der Waals surface area contributed by atoms with E-state index in [-0.39, 0.29) is 12.2 Å². The second kappa shape index (κ2) is 6.83. The summed E-state index contributed by atoms with van der Waals surface area (Å²) in [4.78, 5) is 11.0. The van der Waals surface area contributed by atoms with Crippen molar-refractivity contribution in [1.82, 2.24) is 0 Å². The third-order valence-corrected chi connectivity index (χ3v) is 3.66. The van der Waals surface area contributed by atoms with Gasteiger partial charge in [-0.25, -0.2) is 4.79 Å². The van der Waals surface area contributed by atoms with E-state index in [9.17, 15) is 4.79 Å². The summed E-state index contributed by atoms with van der Waals surface area (Å²) in [5, 5.41) is 9.63. The van der Waals surface area contributed by atoms with Crippen LogP contribution in [0.1, 0.15) is 15.9 Å². The normalized spacial score (nSPS) is 10.2. The van der Waals surface area contributed by atoms with Crippen LogP contribution < -0.4 is 9.47 Å². The number of rotatable bonds is 5. The molecule has 0 bridgehead atoms. The smallest absolute Gasteiger partial charge is 0.335 e. The van der Waals surface area contributed by atoms with Gasteiger partial charge in [0.05, 0.1) is 17.1 Å². The van der Waals surface area contributed by atoms with Gasteiger partial charge in [0.1, 0.15) is 18.1 Å². The highest BCUT2D eigenvalue weighted by Gasteiger charge is 2.10. The molecule has 0 saturated heterocycles. The van der Waals surface area contributed by atoms with Crippen LogP contribution in [0.2, 0.25) is 5.02 Å². The Labute approximate surface area is 135 Å². The zero-order valence-corrected chi connectivity index (χ0v) is 13.4. The standard InChI is InChI=1S/C15H12BrClO4/c1-20-13-4-2-9(15(18)19)6-10(13)8-21-14-5-3-11(17)7-12(14)16/h2-7H,8H2,1H3,(H,18,19). The number of ether oxygens (including phenoxy) is 2. The molecule has 0 heterocycles. The second-order valence-corrected chi connectivity index (χ2v) is 5.49. The van der Waals surface area contributed by atoms with Crippen LogP contribution in [0.25, 0.3) is 0 Å². The molecule has 0 atom stereocenters. The lowest BCUT2D eigenvalue weighted by Gasteiger charge is -2.12. The summed E-state index contributed by atoms with van der Waals surface area (Å²) in [6.07, 6.45) is 0. The number of halogens is 2. The van der Waals surface area contributed by atoms with Crippen molar-refractivity contribution >= 4 is 33.5 Å². The van der Waals surface area contributed by atoms with Crippen molar-refractivity contribution in [2.24, 2.45) is 0 Å². The first-order valence-corrected chi connectivity index (χ1v) is 7.16. The molecule has 2 rings (SSSR count). The maximum absolute atomic E-state index is 11.0. The van der Waals surface area contributed by atoms with Gasteiger partial charge < -0.3 is 14.6 Å². The van der Waals surface area contributed by atoms with Gasteiger partial charge in [0.15, 0.2) is 0 Å². The molecule has 0 saturated carbocycles. The number of benzene rings is 2. The molecule has 110 valence electrons. The molecule has 0 aliphatic rings. The van der Waals surface area contributed by atoms with E-state index in [2.05, 4.69) is 15.9 Å². The highest BCUT2D eigenvalue weighted by Crippen LogP contribution is 2.30. The third-order valence-electron chi connectivity index (χ3n) is 2.80. The molecule has 0 unspecified atom stereocenters. The van der Waals surface area contributed by atoms with E-state index >= 15 is 0 Å². The molecular formula is C15H12BrClO4. The minimum absolute atomic E-state index is 0.185. The highest BCUT2D eigenvalue weighted by atomic mass is 79.9. The van der Waals surface area contributed by atoms with E-state index in [0.29, 0.717) is 22.1 Å². The van der Waals surface area contributed by atoms with Gasteiger partial charge in [-0.3, -0.25) is 0 Å². The van der Waals surface area contributed by atoms with Crippen molar-refractivity contribution in [2.45, 2.75) is 6.61 Å². The Morgan fingerprint density at radius 3 is 2.57 bits per heavy atom. The third kappa shape index (κ3) is 3.89. The molecular weight excluding hydrogens is 360 g/mol. The topological polar surface area (TPSA) is 55.8 Å². The van der Waals surface area contributed by atoms with Crippen LogP contribution in [0.3, 0.4) is 0 Å². The van der Waals surface area contributed by atoms with Gasteiger partial charge in [0.25, 0.3) is 0 Å². The van der Waals surface area contributed by atoms with Crippen LogP contribution in [0.5, 0.6) is 11.5 Å². The van der Waals surface area contributed by atoms with Gasteiger partial charge >= 0.3 is 5.97 Å². The summed E-state index contributed by atoms with van der Waals surface area (Å²) in [7, 11) is 1.53. The largest absolute Gasteiger partial charge is 0.496 e. The van der Waals surface area contributed by atoms with Crippen molar-refractivity contribution in [3.8, 4) is 11.5 Å². The van der Waals surface area contributed by atoms with Gasteiger partial charge in [-0.1, -0.05) is 11.6 Å². The Morgan fingerprint density at radius 1 is 1.24 bits per heavy atom. The second-order valence-electron chi connectivity index (χ2n) is 4.20. The fourth-order valence-electron chi connectivity index (χ4n) is 1.77. The van der Waals surface area contributed by atoms with Crippen LogP contribution in [-0.4, -0.2) is 18.2 Å². The molecule has 1 N–H and O–H groups in total. The maximum atomic E-state index is 11.0. The molecule has 0 aliphatic heterocycles. The summed E-state index contributed by atoms with van der Waals surface area (Å²) in [5.74, 6) is 0.193. The maximum Gasteiger partial charge on any atom is 0.335 e. The number of aromatic carboxylic acids is 1. The van der Waals surface area contributed by atoms with Gasteiger partial charge in [0.2, 0.25) is 0 Å². The van der Waals surface area contributed by atoms with Crippen molar-refractivity contribution in [3.05, 3.63) is 57.0 Å². The zero-order chi connectivity index (χ0) is 15.4. The average Bonchev–Trinajstić information content (AvgIpc) is 2.46. The molecule has 2 aromatic carbocycles. The molecule has 0 aliphatic carbocycles. The average molecular weight is 372 g/mol. The van der Waals surface area contributed by atoms with Crippen LogP contribution >= 0.6 is 27.5 Å². The molecule has 0 fully saturated rings. The molecule has 0 amide bonds. The lowest BCUT2D eigenvalue weighted by atomic mass is 10.1. The summed E-state index contributed by atoms with van der Waals surface area (Å²) < 4.78 is 11.6. The fraction of sp³-hybridized carbons (Fsp3) is 0.133. The van der Waals surface area contributed by atoms with E-state index in [1.54, 1.807) is 24.3 Å². The first-order chi connectivity index (χ1) is 10.0. The Kier molecular flexibility index (Phi) is 5.09. The summed E-state index contributed by atoms with van der Waals surface area (Å²) in [6, 6.07) is 9.81. The number of carboxylic acid groups (broad SMARTS) is 1. The highest BCUT2D eigenvalue weighted by molar-refractivity contribution is 9.10. The molecule has 2 aromatic rings. The number of carbonyl (C=O) groups is 1. The van der Waals surface area contributed by atoms with Crippen molar-refractivity contribution < 1.29 is 19.4 Å². The minimum Gasteiger partial charge on any atom is -0.496 e.